The lowest BCUT2D eigenvalue weighted by Gasteiger charge is -2.39. The van der Waals surface area contributed by atoms with Crippen LogP contribution in [-0.4, -0.2) is 25.4 Å². The SMILES string of the molecule is Cc1ccc(F)c(C(N)C2CCOC3(CCOC3)C2)c1. The molecule has 3 rings (SSSR count). The fourth-order valence-corrected chi connectivity index (χ4v) is 3.41. The predicted octanol–water partition coefficient (Wildman–Crippen LogP) is 2.72. The van der Waals surface area contributed by atoms with Crippen molar-refractivity contribution in [2.45, 2.75) is 37.8 Å². The van der Waals surface area contributed by atoms with Crippen LogP contribution in [0.3, 0.4) is 0 Å². The van der Waals surface area contributed by atoms with E-state index in [2.05, 4.69) is 0 Å². The maximum absolute atomic E-state index is 14.0. The lowest BCUT2D eigenvalue weighted by Crippen LogP contribution is -2.43. The highest BCUT2D eigenvalue weighted by molar-refractivity contribution is 5.27. The predicted molar refractivity (Wildman–Crippen MR) is 74.9 cm³/mol. The zero-order chi connectivity index (χ0) is 14.2. The molecule has 2 aliphatic heterocycles. The van der Waals surface area contributed by atoms with E-state index in [0.29, 0.717) is 18.8 Å². The first-order valence-electron chi connectivity index (χ1n) is 7.33. The lowest BCUT2D eigenvalue weighted by molar-refractivity contribution is -0.101. The van der Waals surface area contributed by atoms with Crippen molar-refractivity contribution < 1.29 is 13.9 Å². The molecule has 1 aromatic carbocycles. The third-order valence-corrected chi connectivity index (χ3v) is 4.62. The maximum atomic E-state index is 14.0. The second-order valence-electron chi connectivity index (χ2n) is 6.14. The molecular formula is C16H22FNO2. The summed E-state index contributed by atoms with van der Waals surface area (Å²) in [5.41, 5.74) is 7.85. The zero-order valence-corrected chi connectivity index (χ0v) is 11.9. The lowest BCUT2D eigenvalue weighted by atomic mass is 9.79. The summed E-state index contributed by atoms with van der Waals surface area (Å²) < 4.78 is 25.4. The summed E-state index contributed by atoms with van der Waals surface area (Å²) in [7, 11) is 0. The highest BCUT2D eigenvalue weighted by atomic mass is 19.1. The monoisotopic (exact) mass is 279 g/mol. The van der Waals surface area contributed by atoms with E-state index in [1.165, 1.54) is 6.07 Å². The quantitative estimate of drug-likeness (QED) is 0.905. The van der Waals surface area contributed by atoms with E-state index in [1.54, 1.807) is 6.07 Å². The van der Waals surface area contributed by atoms with Crippen LogP contribution >= 0.6 is 0 Å². The fourth-order valence-electron chi connectivity index (χ4n) is 3.41. The van der Waals surface area contributed by atoms with Crippen LogP contribution in [0.1, 0.15) is 36.4 Å². The summed E-state index contributed by atoms with van der Waals surface area (Å²) in [6.45, 7) is 4.05. The Hall–Kier alpha value is -0.970. The van der Waals surface area contributed by atoms with Gasteiger partial charge in [0.05, 0.1) is 12.2 Å². The molecule has 2 fully saturated rings. The zero-order valence-electron chi connectivity index (χ0n) is 11.9. The van der Waals surface area contributed by atoms with E-state index in [4.69, 9.17) is 15.2 Å². The standard InChI is InChI=1S/C16H22FNO2/c1-11-2-3-14(17)13(8-11)15(18)12-4-6-20-16(9-12)5-7-19-10-16/h2-3,8,12,15H,4-7,9-10,18H2,1H3. The second kappa shape index (κ2) is 5.43. The number of rotatable bonds is 2. The molecule has 3 unspecified atom stereocenters. The topological polar surface area (TPSA) is 44.5 Å². The van der Waals surface area contributed by atoms with Crippen LogP contribution in [0.2, 0.25) is 0 Å². The Balaban J connectivity index is 1.79. The molecule has 0 bridgehead atoms. The molecule has 0 aliphatic carbocycles. The van der Waals surface area contributed by atoms with Crippen LogP contribution in [0.25, 0.3) is 0 Å². The summed E-state index contributed by atoms with van der Waals surface area (Å²) >= 11 is 0. The average Bonchev–Trinajstić information content (AvgIpc) is 2.88. The Kier molecular flexibility index (Phi) is 3.80. The molecule has 3 atom stereocenters. The van der Waals surface area contributed by atoms with Crippen LogP contribution < -0.4 is 5.73 Å². The van der Waals surface area contributed by atoms with Gasteiger partial charge in [-0.15, -0.1) is 0 Å². The van der Waals surface area contributed by atoms with Gasteiger partial charge in [0.15, 0.2) is 0 Å². The number of halogens is 1. The van der Waals surface area contributed by atoms with Crippen LogP contribution in [0.4, 0.5) is 4.39 Å². The van der Waals surface area contributed by atoms with E-state index in [0.717, 1.165) is 31.4 Å². The summed E-state index contributed by atoms with van der Waals surface area (Å²) in [4.78, 5) is 0. The van der Waals surface area contributed by atoms with Gasteiger partial charge in [-0.3, -0.25) is 0 Å². The molecule has 0 aromatic heterocycles. The minimum Gasteiger partial charge on any atom is -0.378 e. The number of ether oxygens (including phenoxy) is 2. The first kappa shape index (κ1) is 14.0. The van der Waals surface area contributed by atoms with Gasteiger partial charge in [0, 0.05) is 31.2 Å². The highest BCUT2D eigenvalue weighted by Gasteiger charge is 2.42. The van der Waals surface area contributed by atoms with Gasteiger partial charge < -0.3 is 15.2 Å². The second-order valence-corrected chi connectivity index (χ2v) is 6.14. The minimum atomic E-state index is -0.267. The summed E-state index contributed by atoms with van der Waals surface area (Å²) in [5.74, 6) is 0.0491. The number of nitrogens with two attached hydrogens (primary N) is 1. The average molecular weight is 279 g/mol. The Morgan fingerprint density at radius 1 is 1.40 bits per heavy atom. The van der Waals surface area contributed by atoms with Gasteiger partial charge in [0.25, 0.3) is 0 Å². The molecule has 1 aromatic rings. The van der Waals surface area contributed by atoms with Crippen molar-refractivity contribution in [3.05, 3.63) is 35.1 Å². The number of aryl methyl sites for hydroxylation is 1. The highest BCUT2D eigenvalue weighted by Crippen LogP contribution is 2.40. The maximum Gasteiger partial charge on any atom is 0.127 e. The van der Waals surface area contributed by atoms with Crippen molar-refractivity contribution in [2.24, 2.45) is 11.7 Å². The van der Waals surface area contributed by atoms with Gasteiger partial charge in [-0.05, 0) is 31.7 Å². The normalized spacial score (nSPS) is 31.6. The van der Waals surface area contributed by atoms with Gasteiger partial charge in [-0.2, -0.15) is 0 Å². The molecule has 0 radical (unpaired) electrons. The van der Waals surface area contributed by atoms with Gasteiger partial charge >= 0.3 is 0 Å². The molecule has 1 spiro atoms. The van der Waals surface area contributed by atoms with Gasteiger partial charge in [-0.25, -0.2) is 4.39 Å². The molecule has 2 heterocycles. The van der Waals surface area contributed by atoms with Crippen molar-refractivity contribution in [1.29, 1.82) is 0 Å². The van der Waals surface area contributed by atoms with E-state index in [-0.39, 0.29) is 23.4 Å². The molecule has 0 amide bonds. The molecule has 2 N–H and O–H groups in total. The van der Waals surface area contributed by atoms with Crippen LogP contribution in [-0.2, 0) is 9.47 Å². The number of hydrogen-bond donors (Lipinski definition) is 1. The van der Waals surface area contributed by atoms with Crippen molar-refractivity contribution in [2.75, 3.05) is 19.8 Å². The molecule has 20 heavy (non-hydrogen) atoms. The Morgan fingerprint density at radius 2 is 2.25 bits per heavy atom. The summed E-state index contributed by atoms with van der Waals surface area (Å²) in [5, 5.41) is 0. The van der Waals surface area contributed by atoms with Crippen molar-refractivity contribution >= 4 is 0 Å². The molecular weight excluding hydrogens is 257 g/mol. The number of hydrogen-bond acceptors (Lipinski definition) is 3. The van der Waals surface area contributed by atoms with Gasteiger partial charge in [0.1, 0.15) is 5.82 Å². The van der Waals surface area contributed by atoms with E-state index in [1.807, 2.05) is 13.0 Å². The fraction of sp³-hybridized carbons (Fsp3) is 0.625. The van der Waals surface area contributed by atoms with Gasteiger partial charge in [0.2, 0.25) is 0 Å². The van der Waals surface area contributed by atoms with Crippen molar-refractivity contribution in [3.8, 4) is 0 Å². The minimum absolute atomic E-state index is 0.180. The Bertz CT molecular complexity index is 485. The number of benzene rings is 1. The third kappa shape index (κ3) is 2.60. The molecule has 0 saturated carbocycles. The largest absolute Gasteiger partial charge is 0.378 e. The molecule has 2 saturated heterocycles. The summed E-state index contributed by atoms with van der Waals surface area (Å²) in [6.07, 6.45) is 2.67. The third-order valence-electron chi connectivity index (χ3n) is 4.62. The smallest absolute Gasteiger partial charge is 0.127 e. The van der Waals surface area contributed by atoms with Crippen LogP contribution in [0.5, 0.6) is 0 Å². The van der Waals surface area contributed by atoms with E-state index >= 15 is 0 Å². The molecule has 4 heteroatoms. The van der Waals surface area contributed by atoms with E-state index < -0.39 is 0 Å². The molecule has 2 aliphatic rings. The van der Waals surface area contributed by atoms with Crippen molar-refractivity contribution in [1.82, 2.24) is 0 Å². The van der Waals surface area contributed by atoms with Crippen LogP contribution in [0.15, 0.2) is 18.2 Å². The van der Waals surface area contributed by atoms with Gasteiger partial charge in [-0.1, -0.05) is 17.7 Å². The molecule has 3 nitrogen and oxygen atoms in total. The van der Waals surface area contributed by atoms with Crippen LogP contribution in [0, 0.1) is 18.7 Å². The molecule has 110 valence electrons. The summed E-state index contributed by atoms with van der Waals surface area (Å²) in [6, 6.07) is 4.89. The Labute approximate surface area is 119 Å². The van der Waals surface area contributed by atoms with E-state index in [9.17, 15) is 4.39 Å². The first-order valence-corrected chi connectivity index (χ1v) is 7.33. The Morgan fingerprint density at radius 3 is 3.00 bits per heavy atom. The first-order chi connectivity index (χ1) is 9.60. The van der Waals surface area contributed by atoms with Crippen molar-refractivity contribution in [3.63, 3.8) is 0 Å².